The fraction of sp³-hybridized carbons (Fsp3) is 0.435. The average Bonchev–Trinajstić information content (AvgIpc) is 3.36. The van der Waals surface area contributed by atoms with Crippen LogP contribution in [0.15, 0.2) is 41.3 Å². The minimum absolute atomic E-state index is 0.172. The lowest BCUT2D eigenvalue weighted by Crippen LogP contribution is -2.51. The Morgan fingerprint density at radius 1 is 1.11 bits per heavy atom. The lowest BCUT2D eigenvalue weighted by molar-refractivity contribution is -0.274. The molecule has 35 heavy (non-hydrogen) atoms. The van der Waals surface area contributed by atoms with Crippen molar-refractivity contribution in [1.29, 1.82) is 0 Å². The molecule has 0 aromatic heterocycles. The molecule has 4 N–H and O–H groups in total. The molecule has 8 nitrogen and oxygen atoms in total. The highest BCUT2D eigenvalue weighted by atomic mass is 32.2. The number of amides is 1. The van der Waals surface area contributed by atoms with E-state index in [0.717, 1.165) is 22.7 Å². The summed E-state index contributed by atoms with van der Waals surface area (Å²) in [5, 5.41) is 12.9. The van der Waals surface area contributed by atoms with E-state index in [2.05, 4.69) is 30.9 Å². The Balaban J connectivity index is 1.36. The zero-order valence-electron chi connectivity index (χ0n) is 19.4. The van der Waals surface area contributed by atoms with E-state index >= 15 is 0 Å². The molecular formula is C23H28F3N5O3S. The van der Waals surface area contributed by atoms with Gasteiger partial charge in [0.2, 0.25) is 0 Å². The maximum Gasteiger partial charge on any atom is 0.573 e. The number of carbonyl (C=O) groups excluding carboxylic acids is 1. The van der Waals surface area contributed by atoms with Crippen LogP contribution < -0.4 is 30.9 Å². The number of hydrogen-bond donors (Lipinski definition) is 4. The number of carbonyl (C=O) groups is 1. The molecule has 2 unspecified atom stereocenters. The predicted octanol–water partition coefficient (Wildman–Crippen LogP) is 4.37. The summed E-state index contributed by atoms with van der Waals surface area (Å²) in [4.78, 5) is 15.4. The number of nitrogens with zero attached hydrogens (tertiary/aromatic N) is 1. The van der Waals surface area contributed by atoms with Gasteiger partial charge in [-0.05, 0) is 43.7 Å². The Kier molecular flexibility index (Phi) is 7.82. The molecule has 2 aromatic carbocycles. The van der Waals surface area contributed by atoms with Crippen LogP contribution in [0.3, 0.4) is 0 Å². The molecule has 2 aliphatic rings. The fourth-order valence-corrected chi connectivity index (χ4v) is 4.94. The summed E-state index contributed by atoms with van der Waals surface area (Å²) < 4.78 is 47.0. The van der Waals surface area contributed by atoms with Gasteiger partial charge in [-0.3, -0.25) is 10.1 Å². The van der Waals surface area contributed by atoms with E-state index in [4.69, 9.17) is 4.74 Å². The Morgan fingerprint density at radius 2 is 1.94 bits per heavy atom. The normalized spacial score (nSPS) is 18.5. The standard InChI is InChI=1S/C23H28F3N5O3S/c1-3-10-33-11-9-27-20(32)14-5-7-18-16(12-14)28-21(31(18)4-2)30-22-29-17-13-15(34-23(24,25)26)6-8-19(17)35-22/h5-8,12-13,21-22,28-30H,3-4,9-11H2,1-2H3,(H,27,32). The number of nitrogens with one attached hydrogen (secondary N) is 4. The van der Waals surface area contributed by atoms with Crippen LogP contribution in [0.1, 0.15) is 30.6 Å². The Bertz CT molecular complexity index is 1060. The van der Waals surface area contributed by atoms with E-state index in [9.17, 15) is 18.0 Å². The van der Waals surface area contributed by atoms with Crippen molar-refractivity contribution in [3.8, 4) is 5.75 Å². The van der Waals surface area contributed by atoms with E-state index in [0.29, 0.717) is 37.6 Å². The lowest BCUT2D eigenvalue weighted by atomic mass is 10.1. The largest absolute Gasteiger partial charge is 0.573 e. The van der Waals surface area contributed by atoms with Gasteiger partial charge in [-0.2, -0.15) is 0 Å². The highest BCUT2D eigenvalue weighted by Crippen LogP contribution is 2.41. The second kappa shape index (κ2) is 10.8. The number of anilines is 3. The number of alkyl halides is 3. The third-order valence-electron chi connectivity index (χ3n) is 5.42. The molecule has 2 heterocycles. The van der Waals surface area contributed by atoms with Crippen molar-refractivity contribution in [2.75, 3.05) is 41.8 Å². The summed E-state index contributed by atoms with van der Waals surface area (Å²) in [5.41, 5.74) is 2.60. The summed E-state index contributed by atoms with van der Waals surface area (Å²) in [6, 6.07) is 9.74. The fourth-order valence-electron chi connectivity index (χ4n) is 3.92. The van der Waals surface area contributed by atoms with Gasteiger partial charge in [-0.25, -0.2) is 0 Å². The molecule has 1 amide bonds. The van der Waals surface area contributed by atoms with Gasteiger partial charge in [0, 0.05) is 36.2 Å². The summed E-state index contributed by atoms with van der Waals surface area (Å²) in [6.07, 6.45) is -4.08. The van der Waals surface area contributed by atoms with E-state index in [-0.39, 0.29) is 23.4 Å². The average molecular weight is 512 g/mol. The van der Waals surface area contributed by atoms with Crippen molar-refractivity contribution in [2.24, 2.45) is 0 Å². The minimum atomic E-state index is -4.74. The highest BCUT2D eigenvalue weighted by Gasteiger charge is 2.34. The highest BCUT2D eigenvalue weighted by molar-refractivity contribution is 8.00. The topological polar surface area (TPSA) is 86.9 Å². The summed E-state index contributed by atoms with van der Waals surface area (Å²) in [7, 11) is 0. The third-order valence-corrected chi connectivity index (χ3v) is 6.52. The number of rotatable bonds is 10. The first-order valence-corrected chi connectivity index (χ1v) is 12.3. The van der Waals surface area contributed by atoms with Gasteiger partial charge in [0.25, 0.3) is 5.91 Å². The molecular weight excluding hydrogens is 483 g/mol. The summed E-state index contributed by atoms with van der Waals surface area (Å²) in [6.45, 7) is 6.33. The second-order valence-corrected chi connectivity index (χ2v) is 9.09. The molecule has 190 valence electrons. The molecule has 2 aromatic rings. The van der Waals surface area contributed by atoms with Gasteiger partial charge >= 0.3 is 6.36 Å². The zero-order valence-corrected chi connectivity index (χ0v) is 20.2. The van der Waals surface area contributed by atoms with Crippen LogP contribution in [0.2, 0.25) is 0 Å². The van der Waals surface area contributed by atoms with Gasteiger partial charge in [-0.15, -0.1) is 13.2 Å². The SMILES string of the molecule is CCCOCCNC(=O)c1ccc2c(c1)NC(NC1Nc3cc(OC(F)(F)F)ccc3S1)N2CC. The molecule has 0 fully saturated rings. The predicted molar refractivity (Wildman–Crippen MR) is 130 cm³/mol. The smallest absolute Gasteiger partial charge is 0.406 e. The monoisotopic (exact) mass is 511 g/mol. The van der Waals surface area contributed by atoms with Gasteiger partial charge < -0.3 is 30.3 Å². The van der Waals surface area contributed by atoms with Crippen molar-refractivity contribution in [1.82, 2.24) is 10.6 Å². The number of benzene rings is 2. The first-order chi connectivity index (χ1) is 16.8. The van der Waals surface area contributed by atoms with Crippen molar-refractivity contribution in [2.45, 2.75) is 43.3 Å². The van der Waals surface area contributed by atoms with Crippen LogP contribution in [-0.2, 0) is 4.74 Å². The molecule has 0 spiro atoms. The quantitative estimate of drug-likeness (QED) is 0.350. The molecule has 0 saturated carbocycles. The molecule has 4 rings (SSSR count). The van der Waals surface area contributed by atoms with Crippen molar-refractivity contribution >= 4 is 34.7 Å². The van der Waals surface area contributed by atoms with Crippen LogP contribution in [0.4, 0.5) is 30.2 Å². The van der Waals surface area contributed by atoms with Gasteiger partial charge in [-0.1, -0.05) is 18.7 Å². The Morgan fingerprint density at radius 3 is 2.69 bits per heavy atom. The van der Waals surface area contributed by atoms with E-state index < -0.39 is 6.36 Å². The zero-order chi connectivity index (χ0) is 25.0. The maximum absolute atomic E-state index is 12.5. The number of thioether (sulfide) groups is 1. The third kappa shape index (κ3) is 6.24. The van der Waals surface area contributed by atoms with Crippen LogP contribution in [0.5, 0.6) is 5.75 Å². The first kappa shape index (κ1) is 25.3. The van der Waals surface area contributed by atoms with Gasteiger partial charge in [0.1, 0.15) is 11.2 Å². The minimum Gasteiger partial charge on any atom is -0.406 e. The van der Waals surface area contributed by atoms with E-state index in [1.807, 2.05) is 26.0 Å². The van der Waals surface area contributed by atoms with E-state index in [1.165, 1.54) is 23.9 Å². The summed E-state index contributed by atoms with van der Waals surface area (Å²) in [5.74, 6) is -0.441. The lowest BCUT2D eigenvalue weighted by Gasteiger charge is -2.28. The molecule has 0 radical (unpaired) electrons. The molecule has 12 heteroatoms. The van der Waals surface area contributed by atoms with Crippen molar-refractivity contribution < 1.29 is 27.4 Å². The molecule has 0 saturated heterocycles. The first-order valence-electron chi connectivity index (χ1n) is 11.4. The Hall–Kier alpha value is -2.83. The van der Waals surface area contributed by atoms with Gasteiger partial charge in [0.05, 0.1) is 23.7 Å². The van der Waals surface area contributed by atoms with Crippen LogP contribution in [-0.4, -0.2) is 50.4 Å². The van der Waals surface area contributed by atoms with Crippen LogP contribution in [0, 0.1) is 0 Å². The molecule has 0 bridgehead atoms. The van der Waals surface area contributed by atoms with Crippen molar-refractivity contribution in [3.63, 3.8) is 0 Å². The number of hydrogen-bond acceptors (Lipinski definition) is 8. The Labute approximate surface area is 205 Å². The maximum atomic E-state index is 12.5. The summed E-state index contributed by atoms with van der Waals surface area (Å²) >= 11 is 1.46. The molecule has 0 aliphatic carbocycles. The molecule has 2 atom stereocenters. The number of halogens is 3. The number of fused-ring (bicyclic) bond motifs is 2. The van der Waals surface area contributed by atoms with Crippen LogP contribution >= 0.6 is 11.8 Å². The van der Waals surface area contributed by atoms with Crippen LogP contribution in [0.25, 0.3) is 0 Å². The van der Waals surface area contributed by atoms with Crippen molar-refractivity contribution in [3.05, 3.63) is 42.0 Å². The van der Waals surface area contributed by atoms with E-state index in [1.54, 1.807) is 12.1 Å². The number of ether oxygens (including phenoxy) is 2. The second-order valence-electron chi connectivity index (χ2n) is 7.95. The van der Waals surface area contributed by atoms with Gasteiger partial charge in [0.15, 0.2) is 6.29 Å². The molecule has 2 aliphatic heterocycles.